The number of anilines is 1. The number of nitriles is 1. The van der Waals surface area contributed by atoms with Crippen molar-refractivity contribution in [3.63, 3.8) is 0 Å². The van der Waals surface area contributed by atoms with Gasteiger partial charge in [0.2, 0.25) is 0 Å². The molecule has 2 aromatic rings. The summed E-state index contributed by atoms with van der Waals surface area (Å²) in [6.07, 6.45) is 1.42. The van der Waals surface area contributed by atoms with E-state index in [1.54, 1.807) is 16.7 Å². The molecule has 2 atom stereocenters. The third-order valence-electron chi connectivity index (χ3n) is 4.29. The number of carbonyl (C=O) groups excluding carboxylic acids is 1. The molecule has 1 amide bonds. The van der Waals surface area contributed by atoms with Crippen LogP contribution in [0, 0.1) is 11.3 Å². The fourth-order valence-electron chi connectivity index (χ4n) is 3.10. The molecule has 1 N–H and O–H groups in total. The Morgan fingerprint density at radius 2 is 1.79 bits per heavy atom. The van der Waals surface area contributed by atoms with Gasteiger partial charge in [-0.1, -0.05) is 42.1 Å². The van der Waals surface area contributed by atoms with Crippen LogP contribution in [0.1, 0.15) is 13.8 Å². The quantitative estimate of drug-likeness (QED) is 0.606. The molecule has 2 unspecified atom stereocenters. The maximum Gasteiger partial charge on any atom is 0.266 e. The van der Waals surface area contributed by atoms with Gasteiger partial charge >= 0.3 is 0 Å². The second kappa shape index (κ2) is 9.45. The predicted octanol–water partition coefficient (Wildman–Crippen LogP) is 4.29. The Labute approximate surface area is 170 Å². The van der Waals surface area contributed by atoms with Crippen LogP contribution < -0.4 is 5.32 Å². The van der Waals surface area contributed by atoms with Gasteiger partial charge in [-0.15, -0.1) is 0 Å². The summed E-state index contributed by atoms with van der Waals surface area (Å²) in [6.45, 7) is 4.84. The van der Waals surface area contributed by atoms with E-state index in [2.05, 4.69) is 5.32 Å². The fraction of sp³-hybridized carbons (Fsp3) is 0.273. The number of hydrogen-bond donors (Lipinski definition) is 1. The summed E-state index contributed by atoms with van der Waals surface area (Å²) in [5, 5.41) is 12.6. The van der Waals surface area contributed by atoms with E-state index >= 15 is 0 Å². The Morgan fingerprint density at radius 3 is 2.46 bits per heavy atom. The molecular weight excluding hydrogens is 370 g/mol. The lowest BCUT2D eigenvalue weighted by molar-refractivity contribution is -0.138. The zero-order chi connectivity index (χ0) is 19.9. The Morgan fingerprint density at radius 1 is 1.14 bits per heavy atom. The summed E-state index contributed by atoms with van der Waals surface area (Å²) >= 11 is 1.62. The minimum atomic E-state index is -0.273. The predicted molar refractivity (Wildman–Crippen MR) is 111 cm³/mol. The van der Waals surface area contributed by atoms with Gasteiger partial charge in [0.25, 0.3) is 5.91 Å². The molecule has 0 spiro atoms. The zero-order valence-corrected chi connectivity index (χ0v) is 16.8. The number of para-hydroxylation sites is 1. The van der Waals surface area contributed by atoms with Crippen LogP contribution in [-0.4, -0.2) is 36.1 Å². The lowest BCUT2D eigenvalue weighted by atomic mass is 10.2. The Kier molecular flexibility index (Phi) is 6.75. The van der Waals surface area contributed by atoms with Crippen LogP contribution >= 0.6 is 11.8 Å². The van der Waals surface area contributed by atoms with Crippen molar-refractivity contribution in [2.75, 3.05) is 18.4 Å². The van der Waals surface area contributed by atoms with Crippen LogP contribution in [-0.2, 0) is 9.53 Å². The first-order chi connectivity index (χ1) is 13.6. The van der Waals surface area contributed by atoms with Crippen LogP contribution in [0.4, 0.5) is 5.69 Å². The number of hydrogen-bond acceptors (Lipinski definition) is 5. The third-order valence-corrected chi connectivity index (χ3v) is 5.37. The van der Waals surface area contributed by atoms with Gasteiger partial charge < -0.3 is 15.0 Å². The molecular formula is C22H23N3O2S. The second-order valence-electron chi connectivity index (χ2n) is 6.69. The molecule has 1 saturated heterocycles. The lowest BCUT2D eigenvalue weighted by Crippen LogP contribution is -2.48. The molecule has 2 aromatic carbocycles. The van der Waals surface area contributed by atoms with Crippen molar-refractivity contribution >= 4 is 23.4 Å². The molecule has 0 radical (unpaired) electrons. The van der Waals surface area contributed by atoms with Crippen molar-refractivity contribution in [3.8, 4) is 6.07 Å². The number of benzene rings is 2. The number of rotatable bonds is 5. The molecule has 3 rings (SSSR count). The Hall–Kier alpha value is -2.75. The average molecular weight is 394 g/mol. The van der Waals surface area contributed by atoms with Gasteiger partial charge in [-0.05, 0) is 38.1 Å². The number of amides is 1. The summed E-state index contributed by atoms with van der Waals surface area (Å²) in [5.74, 6) is -0.273. The molecule has 0 aliphatic carbocycles. The van der Waals surface area contributed by atoms with E-state index in [0.29, 0.717) is 13.1 Å². The number of ether oxygens (including phenoxy) is 1. The van der Waals surface area contributed by atoms with E-state index in [9.17, 15) is 10.1 Å². The summed E-state index contributed by atoms with van der Waals surface area (Å²) < 4.78 is 5.67. The van der Waals surface area contributed by atoms with Crippen LogP contribution in [0.5, 0.6) is 0 Å². The van der Waals surface area contributed by atoms with Crippen molar-refractivity contribution < 1.29 is 9.53 Å². The molecule has 0 aromatic heterocycles. The number of nitrogens with one attached hydrogen (secondary N) is 1. The Balaban J connectivity index is 1.74. The molecule has 144 valence electrons. The summed E-state index contributed by atoms with van der Waals surface area (Å²) in [4.78, 5) is 16.6. The smallest absolute Gasteiger partial charge is 0.266 e. The van der Waals surface area contributed by atoms with Crippen LogP contribution in [0.2, 0.25) is 0 Å². The van der Waals surface area contributed by atoms with Gasteiger partial charge in [-0.2, -0.15) is 5.26 Å². The van der Waals surface area contributed by atoms with Gasteiger partial charge in [0.05, 0.1) is 17.9 Å². The normalized spacial score (nSPS) is 19.8. The molecule has 1 fully saturated rings. The molecule has 1 aliphatic heterocycles. The van der Waals surface area contributed by atoms with Crippen molar-refractivity contribution in [2.45, 2.75) is 35.8 Å². The first kappa shape index (κ1) is 20.0. The topological polar surface area (TPSA) is 65.4 Å². The van der Waals surface area contributed by atoms with E-state index in [0.717, 1.165) is 15.5 Å². The van der Waals surface area contributed by atoms with Crippen LogP contribution in [0.25, 0.3) is 0 Å². The molecule has 1 aliphatic rings. The summed E-state index contributed by atoms with van der Waals surface area (Å²) in [7, 11) is 0. The van der Waals surface area contributed by atoms with Crippen LogP contribution in [0.3, 0.4) is 0 Å². The van der Waals surface area contributed by atoms with Gasteiger partial charge in [0, 0.05) is 29.1 Å². The van der Waals surface area contributed by atoms with Gasteiger partial charge in [-0.3, -0.25) is 4.79 Å². The van der Waals surface area contributed by atoms with Crippen molar-refractivity contribution in [3.05, 3.63) is 66.4 Å². The summed E-state index contributed by atoms with van der Waals surface area (Å²) in [5.41, 5.74) is 0.932. The minimum absolute atomic E-state index is 0.0383. The van der Waals surface area contributed by atoms with E-state index in [-0.39, 0.29) is 23.7 Å². The third kappa shape index (κ3) is 5.16. The highest BCUT2D eigenvalue weighted by Crippen LogP contribution is 2.33. The molecule has 28 heavy (non-hydrogen) atoms. The highest BCUT2D eigenvalue weighted by atomic mass is 32.2. The van der Waals surface area contributed by atoms with Crippen LogP contribution in [0.15, 0.2) is 76.2 Å². The standard InChI is InChI=1S/C22H23N3O2S/c1-16-14-25(15-17(2)27-16)22(26)18(12-23)13-24-20-10-6-7-11-21(20)28-19-8-4-3-5-9-19/h3-11,13,16-17,24H,14-15H2,1-2H3/b18-13-. The highest BCUT2D eigenvalue weighted by Gasteiger charge is 2.27. The second-order valence-corrected chi connectivity index (χ2v) is 7.81. The van der Waals surface area contributed by atoms with E-state index < -0.39 is 0 Å². The highest BCUT2D eigenvalue weighted by molar-refractivity contribution is 7.99. The molecule has 0 saturated carbocycles. The van der Waals surface area contributed by atoms with E-state index in [4.69, 9.17) is 4.74 Å². The van der Waals surface area contributed by atoms with Gasteiger partial charge in [0.15, 0.2) is 0 Å². The minimum Gasteiger partial charge on any atom is -0.372 e. The average Bonchev–Trinajstić information content (AvgIpc) is 2.69. The number of nitrogens with zero attached hydrogens (tertiary/aromatic N) is 2. The maximum absolute atomic E-state index is 12.8. The number of carbonyl (C=O) groups is 1. The SMILES string of the molecule is CC1CN(C(=O)/C(C#N)=C\Nc2ccccc2Sc2ccccc2)CC(C)O1. The van der Waals surface area contributed by atoms with Gasteiger partial charge in [0.1, 0.15) is 11.6 Å². The Bertz CT molecular complexity index is 882. The fourth-order valence-corrected chi connectivity index (χ4v) is 4.03. The van der Waals surface area contributed by atoms with Crippen molar-refractivity contribution in [2.24, 2.45) is 0 Å². The maximum atomic E-state index is 12.8. The lowest BCUT2D eigenvalue weighted by Gasteiger charge is -2.35. The van der Waals surface area contributed by atoms with Crippen molar-refractivity contribution in [1.29, 1.82) is 5.26 Å². The van der Waals surface area contributed by atoms with E-state index in [1.165, 1.54) is 6.20 Å². The molecule has 6 heteroatoms. The summed E-state index contributed by atoms with van der Waals surface area (Å²) in [6, 6.07) is 19.9. The van der Waals surface area contributed by atoms with E-state index in [1.807, 2.05) is 74.5 Å². The largest absolute Gasteiger partial charge is 0.372 e. The molecule has 1 heterocycles. The molecule has 5 nitrogen and oxygen atoms in total. The van der Waals surface area contributed by atoms with Gasteiger partial charge in [-0.25, -0.2) is 0 Å². The number of morpholine rings is 1. The monoisotopic (exact) mass is 393 g/mol. The zero-order valence-electron chi connectivity index (χ0n) is 16.0. The van der Waals surface area contributed by atoms with Crippen molar-refractivity contribution in [1.82, 2.24) is 4.90 Å². The first-order valence-electron chi connectivity index (χ1n) is 9.20. The molecule has 0 bridgehead atoms. The first-order valence-corrected chi connectivity index (χ1v) is 10.0.